The second-order valence-electron chi connectivity index (χ2n) is 3.74. The Bertz CT molecular complexity index is 332. The summed E-state index contributed by atoms with van der Waals surface area (Å²) in [5.74, 6) is -0.210. The predicted octanol–water partition coefficient (Wildman–Crippen LogP) is 2.37. The van der Waals surface area contributed by atoms with Crippen LogP contribution in [0.15, 0.2) is 24.3 Å². The minimum Gasteiger partial charge on any atom is -0.508 e. The number of phenolic OH excluding ortho intramolecular Hbond substituents is 1. The summed E-state index contributed by atoms with van der Waals surface area (Å²) in [5, 5.41) is 9.07. The van der Waals surface area contributed by atoms with Crippen LogP contribution in [0.2, 0.25) is 0 Å². The van der Waals surface area contributed by atoms with Gasteiger partial charge in [-0.25, -0.2) is 4.79 Å². The maximum absolute atomic E-state index is 11.5. The van der Waals surface area contributed by atoms with Gasteiger partial charge >= 0.3 is 5.97 Å². The first-order valence-electron chi connectivity index (χ1n) is 5.69. The molecule has 0 heterocycles. The summed E-state index contributed by atoms with van der Waals surface area (Å²) in [4.78, 5) is 11.5. The number of carbonyl (C=O) groups excluding carboxylic acids is 1. The second-order valence-corrected chi connectivity index (χ2v) is 3.74. The van der Waals surface area contributed by atoms with Crippen LogP contribution in [0.5, 0.6) is 5.75 Å². The van der Waals surface area contributed by atoms with Crippen LogP contribution in [-0.4, -0.2) is 31.4 Å². The zero-order valence-electron chi connectivity index (χ0n) is 10.0. The second kappa shape index (κ2) is 7.68. The normalized spacial score (nSPS) is 10.2. The van der Waals surface area contributed by atoms with E-state index in [2.05, 4.69) is 0 Å². The number of carbonyl (C=O) groups is 1. The van der Waals surface area contributed by atoms with Crippen molar-refractivity contribution in [1.29, 1.82) is 0 Å². The van der Waals surface area contributed by atoms with Crippen molar-refractivity contribution in [2.24, 2.45) is 0 Å². The Balaban J connectivity index is 2.19. The zero-order valence-corrected chi connectivity index (χ0v) is 10.0. The number of benzene rings is 1. The van der Waals surface area contributed by atoms with Crippen LogP contribution in [0.3, 0.4) is 0 Å². The molecule has 0 aliphatic carbocycles. The van der Waals surface area contributed by atoms with Crippen molar-refractivity contribution >= 4 is 5.97 Å². The van der Waals surface area contributed by atoms with E-state index in [1.807, 2.05) is 0 Å². The quantitative estimate of drug-likeness (QED) is 0.585. The van der Waals surface area contributed by atoms with E-state index in [4.69, 9.17) is 14.6 Å². The highest BCUT2D eigenvalue weighted by molar-refractivity contribution is 5.89. The van der Waals surface area contributed by atoms with E-state index in [1.165, 1.54) is 12.1 Å². The molecule has 0 spiro atoms. The van der Waals surface area contributed by atoms with E-state index in [9.17, 15) is 4.79 Å². The molecule has 1 aromatic carbocycles. The standard InChI is InChI=1S/C13H18O4/c1-16-9-3-2-4-10-17-13(15)11-5-7-12(14)8-6-11/h5-8,14H,2-4,9-10H2,1H3. The molecule has 0 saturated heterocycles. The maximum Gasteiger partial charge on any atom is 0.338 e. The fraction of sp³-hybridized carbons (Fsp3) is 0.462. The third-order valence-electron chi connectivity index (χ3n) is 2.33. The Kier molecular flexibility index (Phi) is 6.10. The molecular formula is C13H18O4. The minimum atomic E-state index is -0.350. The fourth-order valence-corrected chi connectivity index (χ4v) is 1.37. The number of esters is 1. The van der Waals surface area contributed by atoms with Crippen molar-refractivity contribution < 1.29 is 19.4 Å². The van der Waals surface area contributed by atoms with Gasteiger partial charge in [-0.05, 0) is 43.5 Å². The van der Waals surface area contributed by atoms with Gasteiger partial charge in [-0.15, -0.1) is 0 Å². The minimum absolute atomic E-state index is 0.140. The van der Waals surface area contributed by atoms with Gasteiger partial charge < -0.3 is 14.6 Å². The van der Waals surface area contributed by atoms with Crippen LogP contribution < -0.4 is 0 Å². The van der Waals surface area contributed by atoms with E-state index >= 15 is 0 Å². The average Bonchev–Trinajstić information content (AvgIpc) is 2.34. The number of hydrogen-bond donors (Lipinski definition) is 1. The summed E-state index contributed by atoms with van der Waals surface area (Å²) in [6, 6.07) is 6.02. The van der Waals surface area contributed by atoms with Crippen molar-refractivity contribution in [3.8, 4) is 5.75 Å². The number of ether oxygens (including phenoxy) is 2. The number of methoxy groups -OCH3 is 1. The van der Waals surface area contributed by atoms with Gasteiger partial charge in [0.2, 0.25) is 0 Å². The van der Waals surface area contributed by atoms with Gasteiger partial charge in [-0.2, -0.15) is 0 Å². The van der Waals surface area contributed by atoms with E-state index in [-0.39, 0.29) is 11.7 Å². The third-order valence-corrected chi connectivity index (χ3v) is 2.33. The molecular weight excluding hydrogens is 220 g/mol. The summed E-state index contributed by atoms with van der Waals surface area (Å²) in [6.45, 7) is 1.16. The lowest BCUT2D eigenvalue weighted by Crippen LogP contribution is -2.06. The van der Waals surface area contributed by atoms with Gasteiger partial charge in [0.05, 0.1) is 12.2 Å². The molecule has 1 rings (SSSR count). The SMILES string of the molecule is COCCCCCOC(=O)c1ccc(O)cc1. The summed E-state index contributed by atoms with van der Waals surface area (Å²) in [5.41, 5.74) is 0.458. The first-order chi connectivity index (χ1) is 8.24. The van der Waals surface area contributed by atoms with Crippen molar-refractivity contribution in [3.05, 3.63) is 29.8 Å². The van der Waals surface area contributed by atoms with Crippen molar-refractivity contribution in [2.75, 3.05) is 20.3 Å². The average molecular weight is 238 g/mol. The Labute approximate surface area is 101 Å². The van der Waals surface area contributed by atoms with E-state index in [0.29, 0.717) is 12.2 Å². The Morgan fingerprint density at radius 2 is 1.76 bits per heavy atom. The van der Waals surface area contributed by atoms with Crippen LogP contribution in [0.4, 0.5) is 0 Å². The maximum atomic E-state index is 11.5. The molecule has 4 heteroatoms. The molecule has 0 saturated carbocycles. The van der Waals surface area contributed by atoms with Gasteiger partial charge in [0.1, 0.15) is 5.75 Å². The highest BCUT2D eigenvalue weighted by Gasteiger charge is 2.05. The first kappa shape index (κ1) is 13.5. The lowest BCUT2D eigenvalue weighted by Gasteiger charge is -2.04. The molecule has 94 valence electrons. The summed E-state index contributed by atoms with van der Waals surface area (Å²) in [6.07, 6.45) is 2.80. The van der Waals surface area contributed by atoms with Gasteiger partial charge in [-0.3, -0.25) is 0 Å². The van der Waals surface area contributed by atoms with Gasteiger partial charge in [0.25, 0.3) is 0 Å². The highest BCUT2D eigenvalue weighted by atomic mass is 16.5. The molecule has 0 radical (unpaired) electrons. The van der Waals surface area contributed by atoms with Gasteiger partial charge in [0, 0.05) is 13.7 Å². The van der Waals surface area contributed by atoms with Gasteiger partial charge in [-0.1, -0.05) is 0 Å². The van der Waals surface area contributed by atoms with Crippen LogP contribution in [0.25, 0.3) is 0 Å². The summed E-state index contributed by atoms with van der Waals surface area (Å²) < 4.78 is 10.0. The molecule has 0 atom stereocenters. The number of hydrogen-bond acceptors (Lipinski definition) is 4. The molecule has 1 aromatic rings. The molecule has 0 fully saturated rings. The molecule has 0 amide bonds. The summed E-state index contributed by atoms with van der Waals surface area (Å²) >= 11 is 0. The van der Waals surface area contributed by atoms with Crippen LogP contribution in [0, 0.1) is 0 Å². The zero-order chi connectivity index (χ0) is 12.5. The van der Waals surface area contributed by atoms with Crippen LogP contribution in [-0.2, 0) is 9.47 Å². The van der Waals surface area contributed by atoms with Crippen molar-refractivity contribution in [1.82, 2.24) is 0 Å². The molecule has 1 N–H and O–H groups in total. The molecule has 4 nitrogen and oxygen atoms in total. The Morgan fingerprint density at radius 3 is 2.41 bits per heavy atom. The number of phenols is 1. The largest absolute Gasteiger partial charge is 0.508 e. The topological polar surface area (TPSA) is 55.8 Å². The van der Waals surface area contributed by atoms with Gasteiger partial charge in [0.15, 0.2) is 0 Å². The number of rotatable bonds is 7. The number of unbranched alkanes of at least 4 members (excludes halogenated alkanes) is 2. The molecule has 0 aliphatic rings. The smallest absolute Gasteiger partial charge is 0.338 e. The molecule has 17 heavy (non-hydrogen) atoms. The third kappa shape index (κ3) is 5.36. The van der Waals surface area contributed by atoms with E-state index in [1.54, 1.807) is 19.2 Å². The predicted molar refractivity (Wildman–Crippen MR) is 64.1 cm³/mol. The van der Waals surface area contributed by atoms with Crippen molar-refractivity contribution in [2.45, 2.75) is 19.3 Å². The number of aromatic hydroxyl groups is 1. The van der Waals surface area contributed by atoms with E-state index in [0.717, 1.165) is 25.9 Å². The van der Waals surface area contributed by atoms with Crippen molar-refractivity contribution in [3.63, 3.8) is 0 Å². The van der Waals surface area contributed by atoms with Crippen LogP contribution in [0.1, 0.15) is 29.6 Å². The first-order valence-corrected chi connectivity index (χ1v) is 5.69. The molecule has 0 bridgehead atoms. The lowest BCUT2D eigenvalue weighted by atomic mass is 10.2. The monoisotopic (exact) mass is 238 g/mol. The Morgan fingerprint density at radius 1 is 1.12 bits per heavy atom. The molecule has 0 aliphatic heterocycles. The summed E-state index contributed by atoms with van der Waals surface area (Å²) in [7, 11) is 1.67. The van der Waals surface area contributed by atoms with Crippen LogP contribution >= 0.6 is 0 Å². The lowest BCUT2D eigenvalue weighted by molar-refractivity contribution is 0.0495. The highest BCUT2D eigenvalue weighted by Crippen LogP contribution is 2.10. The fourth-order valence-electron chi connectivity index (χ4n) is 1.37. The Hall–Kier alpha value is -1.55. The molecule has 0 aromatic heterocycles. The molecule has 0 unspecified atom stereocenters. The van der Waals surface area contributed by atoms with E-state index < -0.39 is 0 Å².